The molecule has 0 aromatic carbocycles. The van der Waals surface area contributed by atoms with Crippen molar-refractivity contribution in [2.45, 2.75) is 24.4 Å². The summed E-state index contributed by atoms with van der Waals surface area (Å²) in [6.07, 6.45) is -6.06. The average Bonchev–Trinajstić information content (AvgIpc) is 3.09. The molecule has 120 valence electrons. The van der Waals surface area contributed by atoms with Crippen LogP contribution in [0.5, 0.6) is 0 Å². The Morgan fingerprint density at radius 3 is 0.917 bits per heavy atom. The molecule has 2 spiro atoms. The summed E-state index contributed by atoms with van der Waals surface area (Å²) >= 11 is -9.74. The van der Waals surface area contributed by atoms with Crippen molar-refractivity contribution in [3.8, 4) is 0 Å². The molecule has 16 heteroatoms. The SMILES string of the molecule is O=C1[O][Sb-]23[O]C(=O)C([O]2)C2[O][Sb-]4([O]C(=O)C([O]4)C1[O]3)[O]C2=O.[K+].[K+]. The van der Waals surface area contributed by atoms with E-state index >= 15 is 0 Å². The third kappa shape index (κ3) is 3.10. The summed E-state index contributed by atoms with van der Waals surface area (Å²) < 4.78 is 41.0. The Labute approximate surface area is 230 Å². The van der Waals surface area contributed by atoms with Gasteiger partial charge < -0.3 is 0 Å². The second-order valence-electron chi connectivity index (χ2n) is 4.64. The smallest absolute Gasteiger partial charge is 1.00 e. The monoisotopic (exact) mass is 612 g/mol. The van der Waals surface area contributed by atoms with Gasteiger partial charge in [-0.05, 0) is 0 Å². The molecule has 5 rings (SSSR count). The van der Waals surface area contributed by atoms with Gasteiger partial charge in [-0.1, -0.05) is 0 Å². The standard InChI is InChI=1S/2C4H4O6.2K.2Sb/c2*5-1(3(7)8)2(6)4(9)10;;;;/h2*1-2H,(H,7,8)(H,9,10);;;;/q2*-2;2*+1;2*+3/p-4. The van der Waals surface area contributed by atoms with Crippen molar-refractivity contribution >= 4 is 64.8 Å². The molecule has 5 fully saturated rings. The summed E-state index contributed by atoms with van der Waals surface area (Å²) in [5.41, 5.74) is 0. The van der Waals surface area contributed by atoms with Crippen molar-refractivity contribution in [3.05, 3.63) is 0 Å². The van der Waals surface area contributed by atoms with Gasteiger partial charge in [0.1, 0.15) is 0 Å². The number of hydrogen-bond donors (Lipinski definition) is 0. The van der Waals surface area contributed by atoms with Crippen molar-refractivity contribution in [2.24, 2.45) is 0 Å². The van der Waals surface area contributed by atoms with Gasteiger partial charge in [0.05, 0.1) is 0 Å². The maximum absolute atomic E-state index is 11.9. The Balaban J connectivity index is 0.000000845. The van der Waals surface area contributed by atoms with Crippen molar-refractivity contribution in [1.82, 2.24) is 0 Å². The Hall–Kier alpha value is 2.63. The summed E-state index contributed by atoms with van der Waals surface area (Å²) in [7, 11) is 0. The van der Waals surface area contributed by atoms with Crippen LogP contribution in [0, 0.1) is 0 Å². The van der Waals surface area contributed by atoms with Gasteiger partial charge in [-0.3, -0.25) is 0 Å². The predicted molar refractivity (Wildman–Crippen MR) is 55.4 cm³/mol. The van der Waals surface area contributed by atoms with Crippen LogP contribution in [0.4, 0.5) is 0 Å². The third-order valence-electron chi connectivity index (χ3n) is 3.26. The fraction of sp³-hybridized carbons (Fsp3) is 0.500. The van der Waals surface area contributed by atoms with Crippen LogP contribution < -0.4 is 103 Å². The quantitative estimate of drug-likeness (QED) is 0.240. The van der Waals surface area contributed by atoms with Gasteiger partial charge in [-0.25, -0.2) is 0 Å². The van der Waals surface area contributed by atoms with E-state index < -0.39 is 89.3 Å². The molecule has 6 bridgehead atoms. The van der Waals surface area contributed by atoms with Crippen LogP contribution in [0.2, 0.25) is 0 Å². The van der Waals surface area contributed by atoms with Crippen LogP contribution in [0.1, 0.15) is 0 Å². The zero-order valence-electron chi connectivity index (χ0n) is 12.1. The Morgan fingerprint density at radius 1 is 0.500 bits per heavy atom. The minimum Gasteiger partial charge on any atom is 1.00 e. The average molecular weight is 614 g/mol. The molecule has 0 N–H and O–H groups in total. The van der Waals surface area contributed by atoms with E-state index in [1.807, 2.05) is 0 Å². The van der Waals surface area contributed by atoms with Crippen molar-refractivity contribution in [2.75, 3.05) is 0 Å². The van der Waals surface area contributed by atoms with Gasteiger partial charge in [0.2, 0.25) is 0 Å². The zero-order valence-corrected chi connectivity index (χ0v) is 23.5. The van der Waals surface area contributed by atoms with E-state index in [9.17, 15) is 19.2 Å². The summed E-state index contributed by atoms with van der Waals surface area (Å²) in [5.74, 6) is -3.86. The maximum Gasteiger partial charge on any atom is 1.00 e. The first kappa shape index (κ1) is 21.3. The van der Waals surface area contributed by atoms with Gasteiger partial charge >= 0.3 is 235 Å². The first-order valence-corrected chi connectivity index (χ1v) is 14.2. The second kappa shape index (κ2) is 7.15. The van der Waals surface area contributed by atoms with Gasteiger partial charge in [0, 0.05) is 0 Å². The molecule has 5 aliphatic rings. The molecule has 5 heterocycles. The normalized spacial score (nSPS) is 52.3. The molecule has 4 unspecified atom stereocenters. The van der Waals surface area contributed by atoms with Gasteiger partial charge in [-0.2, -0.15) is 0 Å². The minimum absolute atomic E-state index is 0. The topological polar surface area (TPSA) is 142 Å². The molecular weight excluding hydrogens is 610 g/mol. The molecule has 0 aromatic heterocycles. The minimum atomic E-state index is -4.87. The second-order valence-corrected chi connectivity index (χ2v) is 14.2. The fourth-order valence-electron chi connectivity index (χ4n) is 2.35. The first-order chi connectivity index (χ1) is 10.4. The van der Waals surface area contributed by atoms with E-state index in [1.54, 1.807) is 0 Å². The number of hydrogen-bond acceptors (Lipinski definition) is 12. The molecule has 24 heavy (non-hydrogen) atoms. The Bertz CT molecular complexity index is 557. The largest absolute Gasteiger partial charge is 1.00 e. The molecule has 12 nitrogen and oxygen atoms in total. The molecule has 5 saturated heterocycles. The summed E-state index contributed by atoms with van der Waals surface area (Å²) in [6, 6.07) is 0. The number of carbonyl (C=O) groups excluding carboxylic acids is 4. The van der Waals surface area contributed by atoms with E-state index in [4.69, 9.17) is 24.1 Å². The molecule has 0 aliphatic carbocycles. The fourth-order valence-corrected chi connectivity index (χ4v) is 13.0. The molecule has 4 atom stereocenters. The summed E-state index contributed by atoms with van der Waals surface area (Å²) in [6.45, 7) is 0. The number of fused-ring (bicyclic) bond motifs is 6. The molecule has 0 amide bonds. The van der Waals surface area contributed by atoms with Crippen LogP contribution in [0.25, 0.3) is 0 Å². The van der Waals surface area contributed by atoms with Crippen molar-refractivity contribution in [1.29, 1.82) is 0 Å². The number of carbonyl (C=O) groups is 4. The maximum atomic E-state index is 11.9. The van der Waals surface area contributed by atoms with Crippen LogP contribution >= 0.6 is 0 Å². The van der Waals surface area contributed by atoms with Crippen LogP contribution in [0.15, 0.2) is 0 Å². The molecule has 5 aliphatic heterocycles. The Kier molecular flexibility index (Phi) is 6.36. The van der Waals surface area contributed by atoms with E-state index in [0.29, 0.717) is 0 Å². The molecule has 0 saturated carbocycles. The summed E-state index contributed by atoms with van der Waals surface area (Å²) in [5, 5.41) is 0. The van der Waals surface area contributed by atoms with Crippen LogP contribution in [0.3, 0.4) is 0 Å². The zero-order chi connectivity index (χ0) is 15.3. The van der Waals surface area contributed by atoms with Crippen LogP contribution in [-0.2, 0) is 43.3 Å². The van der Waals surface area contributed by atoms with E-state index in [1.165, 1.54) is 0 Å². The number of rotatable bonds is 0. The van der Waals surface area contributed by atoms with Gasteiger partial charge in [-0.15, -0.1) is 0 Å². The first-order valence-electron chi connectivity index (χ1n) is 5.86. The molecular formula is C8H4K2O12Sb2. The van der Waals surface area contributed by atoms with Crippen molar-refractivity contribution in [3.63, 3.8) is 0 Å². The summed E-state index contributed by atoms with van der Waals surface area (Å²) in [4.78, 5) is 47.6. The molecule has 0 radical (unpaired) electrons. The van der Waals surface area contributed by atoms with E-state index in [2.05, 4.69) is 0 Å². The van der Waals surface area contributed by atoms with Crippen molar-refractivity contribution < 1.29 is 146 Å². The van der Waals surface area contributed by atoms with E-state index in [-0.39, 0.29) is 103 Å². The molecule has 0 aromatic rings. The predicted octanol–water partition coefficient (Wildman–Crippen LogP) is -9.35. The van der Waals surface area contributed by atoms with E-state index in [0.717, 1.165) is 0 Å². The third-order valence-corrected chi connectivity index (χ3v) is 13.4. The van der Waals surface area contributed by atoms with Gasteiger partial charge in [0.25, 0.3) is 0 Å². The van der Waals surface area contributed by atoms with Gasteiger partial charge in [0.15, 0.2) is 0 Å². The van der Waals surface area contributed by atoms with Crippen LogP contribution in [-0.4, -0.2) is 89.3 Å². The Morgan fingerprint density at radius 2 is 0.708 bits per heavy atom.